The molecule has 4 nitrogen and oxygen atoms in total. The quantitative estimate of drug-likeness (QED) is 0.838. The molecule has 3 atom stereocenters. The van der Waals surface area contributed by atoms with E-state index in [1.54, 1.807) is 0 Å². The summed E-state index contributed by atoms with van der Waals surface area (Å²) >= 11 is 0. The van der Waals surface area contributed by atoms with Crippen LogP contribution in [-0.2, 0) is 4.79 Å². The summed E-state index contributed by atoms with van der Waals surface area (Å²) in [6.45, 7) is 4.47. The van der Waals surface area contributed by atoms with Crippen LogP contribution in [0.5, 0.6) is 0 Å². The maximum atomic E-state index is 13.4. The van der Waals surface area contributed by atoms with Crippen molar-refractivity contribution in [2.24, 2.45) is 0 Å². The normalized spacial score (nSPS) is 20.5. The number of carbonyl (C=O) groups excluding carboxylic acids is 1. The van der Waals surface area contributed by atoms with Gasteiger partial charge < -0.3 is 10.6 Å². The van der Waals surface area contributed by atoms with Gasteiger partial charge in [0.05, 0.1) is 17.8 Å². The third-order valence-electron chi connectivity index (χ3n) is 4.58. The number of rotatable bonds is 5. The molecule has 1 aliphatic rings. The van der Waals surface area contributed by atoms with Crippen molar-refractivity contribution in [2.75, 3.05) is 6.54 Å². The van der Waals surface area contributed by atoms with Crippen molar-refractivity contribution < 1.29 is 9.18 Å². The predicted octanol–water partition coefficient (Wildman–Crippen LogP) is 3.53. The van der Waals surface area contributed by atoms with E-state index in [2.05, 4.69) is 29.5 Å². The minimum absolute atomic E-state index is 0. The summed E-state index contributed by atoms with van der Waals surface area (Å²) in [6.07, 6.45) is 1.11. The van der Waals surface area contributed by atoms with E-state index in [9.17, 15) is 9.18 Å². The summed E-state index contributed by atoms with van der Waals surface area (Å²) in [5.41, 5.74) is 2.88. The van der Waals surface area contributed by atoms with Gasteiger partial charge in [-0.1, -0.05) is 50.2 Å². The lowest BCUT2D eigenvalue weighted by Crippen LogP contribution is -2.42. The van der Waals surface area contributed by atoms with Crippen LogP contribution >= 0.6 is 12.4 Å². The van der Waals surface area contributed by atoms with E-state index in [1.165, 1.54) is 0 Å². The zero-order chi connectivity index (χ0) is 17.8. The highest BCUT2D eigenvalue weighted by molar-refractivity contribution is 5.85. The number of hydrogen-bond donors (Lipinski definition) is 2. The average Bonchev–Trinajstić information content (AvgIpc) is 3.07. The van der Waals surface area contributed by atoms with Gasteiger partial charge in [0.1, 0.15) is 6.17 Å². The number of amides is 1. The Labute approximate surface area is 160 Å². The monoisotopic (exact) mass is 377 g/mol. The van der Waals surface area contributed by atoms with Gasteiger partial charge in [-0.2, -0.15) is 0 Å². The Kier molecular flexibility index (Phi) is 7.12. The fraction of sp³-hybridized carbons (Fsp3) is 0.400. The number of hydrogen-bond acceptors (Lipinski definition) is 3. The minimum atomic E-state index is -0.964. The molecule has 1 aromatic carbocycles. The largest absolute Gasteiger partial charge is 0.342 e. The standard InChI is InChI=1S/C20H24FN3O.ClH/c1-13(2)15-8-9-17(22-11-15)19(14-6-4-3-5-7-14)24-20(25)18-10-16(21)12-23-18;/h3-9,11,13,16,18-19,23H,10,12H2,1-2H3,(H,24,25);1H/t16-,18+,19+;/m1./s1. The Morgan fingerprint density at radius 2 is 1.92 bits per heavy atom. The lowest BCUT2D eigenvalue weighted by Gasteiger charge is -2.21. The Balaban J connectivity index is 0.00000243. The first-order valence-electron chi connectivity index (χ1n) is 8.73. The van der Waals surface area contributed by atoms with Gasteiger partial charge >= 0.3 is 0 Å². The SMILES string of the molecule is CC(C)c1ccc([C@@H](NC(=O)[C@@H]2C[C@@H](F)CN2)c2ccccc2)nc1.Cl. The number of alkyl halides is 1. The van der Waals surface area contributed by atoms with Crippen LogP contribution in [0.3, 0.4) is 0 Å². The summed E-state index contributed by atoms with van der Waals surface area (Å²) in [5, 5.41) is 5.96. The molecule has 140 valence electrons. The van der Waals surface area contributed by atoms with Crippen LogP contribution in [-0.4, -0.2) is 29.6 Å². The molecule has 6 heteroatoms. The van der Waals surface area contributed by atoms with Crippen LogP contribution < -0.4 is 10.6 Å². The number of halogens is 2. The molecule has 2 N–H and O–H groups in total. The fourth-order valence-corrected chi connectivity index (χ4v) is 3.04. The Morgan fingerprint density at radius 1 is 1.19 bits per heavy atom. The minimum Gasteiger partial charge on any atom is -0.342 e. The first kappa shape index (κ1) is 20.3. The van der Waals surface area contributed by atoms with Crippen molar-refractivity contribution in [2.45, 2.75) is 44.4 Å². The van der Waals surface area contributed by atoms with E-state index in [0.717, 1.165) is 16.8 Å². The first-order valence-corrected chi connectivity index (χ1v) is 8.73. The van der Waals surface area contributed by atoms with Crippen LogP contribution in [0.25, 0.3) is 0 Å². The smallest absolute Gasteiger partial charge is 0.238 e. The van der Waals surface area contributed by atoms with Crippen LogP contribution in [0.4, 0.5) is 4.39 Å². The van der Waals surface area contributed by atoms with Gasteiger partial charge in [-0.15, -0.1) is 12.4 Å². The summed E-state index contributed by atoms with van der Waals surface area (Å²) in [5.74, 6) is 0.208. The molecule has 1 amide bonds. The van der Waals surface area contributed by atoms with E-state index < -0.39 is 12.2 Å². The molecular formula is C20H25ClFN3O. The van der Waals surface area contributed by atoms with E-state index in [-0.39, 0.29) is 37.3 Å². The van der Waals surface area contributed by atoms with Gasteiger partial charge in [0, 0.05) is 19.2 Å². The zero-order valence-corrected chi connectivity index (χ0v) is 15.8. The Bertz CT molecular complexity index is 709. The number of nitrogens with one attached hydrogen (secondary N) is 2. The number of benzene rings is 1. The van der Waals surface area contributed by atoms with E-state index >= 15 is 0 Å². The summed E-state index contributed by atoms with van der Waals surface area (Å²) in [7, 11) is 0. The zero-order valence-electron chi connectivity index (χ0n) is 15.0. The van der Waals surface area contributed by atoms with Crippen molar-refractivity contribution in [3.05, 3.63) is 65.5 Å². The number of nitrogens with zero attached hydrogens (tertiary/aromatic N) is 1. The van der Waals surface area contributed by atoms with Crippen molar-refractivity contribution in [1.82, 2.24) is 15.6 Å². The summed E-state index contributed by atoms with van der Waals surface area (Å²) in [6, 6.07) is 12.9. The molecular weight excluding hydrogens is 353 g/mol. The third-order valence-corrected chi connectivity index (χ3v) is 4.58. The second-order valence-corrected chi connectivity index (χ2v) is 6.82. The topological polar surface area (TPSA) is 54.0 Å². The molecule has 26 heavy (non-hydrogen) atoms. The van der Waals surface area contributed by atoms with Gasteiger partial charge in [-0.05, 0) is 23.1 Å². The van der Waals surface area contributed by atoms with Crippen LogP contribution in [0.1, 0.15) is 49.0 Å². The second kappa shape index (κ2) is 9.10. The molecule has 0 bridgehead atoms. The molecule has 1 fully saturated rings. The molecule has 2 heterocycles. The van der Waals surface area contributed by atoms with Gasteiger partial charge in [0.2, 0.25) is 5.91 Å². The third kappa shape index (κ3) is 4.80. The summed E-state index contributed by atoms with van der Waals surface area (Å²) < 4.78 is 13.4. The number of pyridine rings is 1. The van der Waals surface area contributed by atoms with Crippen LogP contribution in [0.15, 0.2) is 48.7 Å². The van der Waals surface area contributed by atoms with Crippen molar-refractivity contribution >= 4 is 18.3 Å². The molecule has 2 aromatic rings. The fourth-order valence-electron chi connectivity index (χ4n) is 3.04. The van der Waals surface area contributed by atoms with Crippen molar-refractivity contribution in [3.63, 3.8) is 0 Å². The van der Waals surface area contributed by atoms with Gasteiger partial charge in [0.15, 0.2) is 0 Å². The molecule has 0 spiro atoms. The maximum absolute atomic E-state index is 13.4. The summed E-state index contributed by atoms with van der Waals surface area (Å²) in [4.78, 5) is 17.1. The predicted molar refractivity (Wildman–Crippen MR) is 103 cm³/mol. The van der Waals surface area contributed by atoms with Crippen LogP contribution in [0, 0.1) is 0 Å². The van der Waals surface area contributed by atoms with Gasteiger partial charge in [0.25, 0.3) is 0 Å². The molecule has 0 radical (unpaired) electrons. The van der Waals surface area contributed by atoms with Crippen molar-refractivity contribution in [1.29, 1.82) is 0 Å². The molecule has 0 saturated carbocycles. The lowest BCUT2D eigenvalue weighted by atomic mass is 10.00. The van der Waals surface area contributed by atoms with E-state index in [0.29, 0.717) is 5.92 Å². The van der Waals surface area contributed by atoms with Gasteiger partial charge in [-0.3, -0.25) is 9.78 Å². The Morgan fingerprint density at radius 3 is 2.46 bits per heavy atom. The molecule has 0 aliphatic carbocycles. The van der Waals surface area contributed by atoms with Crippen LogP contribution in [0.2, 0.25) is 0 Å². The lowest BCUT2D eigenvalue weighted by molar-refractivity contribution is -0.123. The van der Waals surface area contributed by atoms with Gasteiger partial charge in [-0.25, -0.2) is 4.39 Å². The van der Waals surface area contributed by atoms with E-state index in [4.69, 9.17) is 0 Å². The molecule has 1 saturated heterocycles. The van der Waals surface area contributed by atoms with Crippen molar-refractivity contribution in [3.8, 4) is 0 Å². The molecule has 0 unspecified atom stereocenters. The molecule has 1 aliphatic heterocycles. The molecule has 3 rings (SSSR count). The average molecular weight is 378 g/mol. The second-order valence-electron chi connectivity index (χ2n) is 6.82. The highest BCUT2D eigenvalue weighted by atomic mass is 35.5. The Hall–Kier alpha value is -1.98. The number of aromatic nitrogens is 1. The maximum Gasteiger partial charge on any atom is 0.238 e. The first-order chi connectivity index (χ1) is 12.0. The molecule has 1 aromatic heterocycles. The number of carbonyl (C=O) groups is 1. The highest BCUT2D eigenvalue weighted by Gasteiger charge is 2.31. The van der Waals surface area contributed by atoms with E-state index in [1.807, 2.05) is 48.7 Å². The highest BCUT2D eigenvalue weighted by Crippen LogP contribution is 2.23.